The Labute approximate surface area is 170 Å². The summed E-state index contributed by atoms with van der Waals surface area (Å²) in [7, 11) is 0. The zero-order valence-corrected chi connectivity index (χ0v) is 17.3. The lowest BCUT2D eigenvalue weighted by molar-refractivity contribution is 0.0929. The third-order valence-electron chi connectivity index (χ3n) is 5.04. The number of nitrogens with zero attached hydrogens (tertiary/aromatic N) is 4. The van der Waals surface area contributed by atoms with E-state index < -0.39 is 5.54 Å². The molecular weight excluding hydrogens is 364 g/mol. The van der Waals surface area contributed by atoms with Gasteiger partial charge in [0.2, 0.25) is 0 Å². The topological polar surface area (TPSA) is 68.2 Å². The Balaban J connectivity index is 1.83. The summed E-state index contributed by atoms with van der Waals surface area (Å²) in [6.45, 7) is 9.66. The average Bonchev–Trinajstić information content (AvgIpc) is 2.87. The monoisotopic (exact) mass is 388 g/mol. The first-order valence-electron chi connectivity index (χ1n) is 9.67. The smallest absolute Gasteiger partial charge is 0.190 e. The molecule has 0 amide bonds. The molecule has 0 N–H and O–H groups in total. The number of aromatic nitrogens is 3. The molecule has 0 saturated heterocycles. The van der Waals surface area contributed by atoms with E-state index in [9.17, 15) is 4.79 Å². The largest absolute Gasteiger partial charge is 0.489 e. The summed E-state index contributed by atoms with van der Waals surface area (Å²) in [4.78, 5) is 28.1. The lowest BCUT2D eigenvalue weighted by Crippen LogP contribution is -2.42. The summed E-state index contributed by atoms with van der Waals surface area (Å²) in [5.41, 5.74) is 3.50. The first kappa shape index (κ1) is 19.1. The van der Waals surface area contributed by atoms with Crippen LogP contribution < -0.4 is 9.64 Å². The van der Waals surface area contributed by atoms with Crippen LogP contribution in [0.4, 0.5) is 11.4 Å². The molecule has 0 unspecified atom stereocenters. The molecule has 1 aromatic carbocycles. The Morgan fingerprint density at radius 3 is 2.41 bits per heavy atom. The van der Waals surface area contributed by atoms with Gasteiger partial charge in [0.05, 0.1) is 29.9 Å². The summed E-state index contributed by atoms with van der Waals surface area (Å²) in [5, 5.41) is 0. The fourth-order valence-corrected chi connectivity index (χ4v) is 3.69. The fourth-order valence-electron chi connectivity index (χ4n) is 3.69. The fraction of sp³-hybridized carbons (Fsp3) is 0.304. The van der Waals surface area contributed by atoms with E-state index in [0.29, 0.717) is 11.3 Å². The van der Waals surface area contributed by atoms with Crippen LogP contribution in [0.1, 0.15) is 43.9 Å². The predicted molar refractivity (Wildman–Crippen MR) is 113 cm³/mol. The predicted octanol–water partition coefficient (Wildman–Crippen LogP) is 4.75. The molecule has 148 valence electrons. The summed E-state index contributed by atoms with van der Waals surface area (Å²) in [6, 6.07) is 7.78. The number of hydrogen-bond donors (Lipinski definition) is 0. The van der Waals surface area contributed by atoms with Crippen LogP contribution in [-0.2, 0) is 0 Å². The standard InChI is InChI=1S/C23H24N4O2/c1-14(2)29-19-9-18(12-24-13-19)27-21-8-16(17-10-25-15(3)26-11-17)6-7-20(21)22(28)23(27,4)5/h6-14H,1-5H3. The zero-order valence-electron chi connectivity index (χ0n) is 17.3. The van der Waals surface area contributed by atoms with Gasteiger partial charge in [-0.2, -0.15) is 0 Å². The Kier molecular flexibility index (Phi) is 4.57. The van der Waals surface area contributed by atoms with Gasteiger partial charge in [-0.25, -0.2) is 9.97 Å². The van der Waals surface area contributed by atoms with Crippen LogP contribution in [0.15, 0.2) is 49.1 Å². The molecule has 0 saturated carbocycles. The van der Waals surface area contributed by atoms with Gasteiger partial charge in [-0.1, -0.05) is 6.07 Å². The van der Waals surface area contributed by atoms with E-state index in [1.54, 1.807) is 24.8 Å². The molecular formula is C23H24N4O2. The van der Waals surface area contributed by atoms with Crippen molar-refractivity contribution >= 4 is 17.2 Å². The maximum absolute atomic E-state index is 13.1. The Morgan fingerprint density at radius 1 is 1.00 bits per heavy atom. The first-order valence-corrected chi connectivity index (χ1v) is 9.67. The summed E-state index contributed by atoms with van der Waals surface area (Å²) < 4.78 is 5.81. The highest BCUT2D eigenvalue weighted by atomic mass is 16.5. The number of carbonyl (C=O) groups excluding carboxylic acids is 1. The van der Waals surface area contributed by atoms with Crippen molar-refractivity contribution in [2.45, 2.75) is 46.3 Å². The number of Topliss-reactive ketones (excluding diaryl/α,β-unsaturated/α-hetero) is 1. The average molecular weight is 388 g/mol. The number of pyridine rings is 1. The molecule has 3 heterocycles. The van der Waals surface area contributed by atoms with Crippen LogP contribution in [-0.4, -0.2) is 32.4 Å². The van der Waals surface area contributed by atoms with Crippen LogP contribution >= 0.6 is 0 Å². The maximum atomic E-state index is 13.1. The quantitative estimate of drug-likeness (QED) is 0.643. The lowest BCUT2D eigenvalue weighted by atomic mass is 9.96. The number of rotatable bonds is 4. The van der Waals surface area contributed by atoms with E-state index in [0.717, 1.165) is 28.3 Å². The molecule has 6 nitrogen and oxygen atoms in total. The minimum Gasteiger partial charge on any atom is -0.489 e. The van der Waals surface area contributed by atoms with Crippen molar-refractivity contribution in [3.63, 3.8) is 0 Å². The Morgan fingerprint density at radius 2 is 1.72 bits per heavy atom. The second-order valence-electron chi connectivity index (χ2n) is 8.02. The van der Waals surface area contributed by atoms with E-state index in [-0.39, 0.29) is 11.9 Å². The van der Waals surface area contributed by atoms with Crippen molar-refractivity contribution in [3.8, 4) is 16.9 Å². The molecule has 2 aromatic heterocycles. The molecule has 0 radical (unpaired) electrons. The summed E-state index contributed by atoms with van der Waals surface area (Å²) in [5.74, 6) is 1.48. The van der Waals surface area contributed by atoms with Crippen LogP contribution in [0.5, 0.6) is 5.75 Å². The molecule has 1 aliphatic heterocycles. The van der Waals surface area contributed by atoms with E-state index in [1.807, 2.05) is 63.8 Å². The number of carbonyl (C=O) groups is 1. The molecule has 0 aliphatic carbocycles. The van der Waals surface area contributed by atoms with Gasteiger partial charge in [0.1, 0.15) is 17.1 Å². The molecule has 0 atom stereocenters. The van der Waals surface area contributed by atoms with Crippen molar-refractivity contribution < 1.29 is 9.53 Å². The van der Waals surface area contributed by atoms with Crippen molar-refractivity contribution in [2.75, 3.05) is 4.90 Å². The number of benzene rings is 1. The van der Waals surface area contributed by atoms with Crippen molar-refractivity contribution in [2.24, 2.45) is 0 Å². The highest BCUT2D eigenvalue weighted by molar-refractivity contribution is 6.15. The summed E-state index contributed by atoms with van der Waals surface area (Å²) in [6.07, 6.45) is 7.10. The number of hydrogen-bond acceptors (Lipinski definition) is 6. The maximum Gasteiger partial charge on any atom is 0.190 e. The molecule has 6 heteroatoms. The van der Waals surface area contributed by atoms with Gasteiger partial charge in [0, 0.05) is 29.6 Å². The Hall–Kier alpha value is -3.28. The summed E-state index contributed by atoms with van der Waals surface area (Å²) >= 11 is 0. The van der Waals surface area contributed by atoms with Gasteiger partial charge in [-0.05, 0) is 52.3 Å². The number of anilines is 2. The van der Waals surface area contributed by atoms with Crippen molar-refractivity contribution in [1.82, 2.24) is 15.0 Å². The number of aryl methyl sites for hydroxylation is 1. The highest BCUT2D eigenvalue weighted by Gasteiger charge is 2.45. The normalized spacial score (nSPS) is 15.0. The molecule has 3 aromatic rings. The van der Waals surface area contributed by atoms with Gasteiger partial charge in [0.25, 0.3) is 0 Å². The van der Waals surface area contributed by atoms with Gasteiger partial charge in [-0.3, -0.25) is 9.78 Å². The third-order valence-corrected chi connectivity index (χ3v) is 5.04. The van der Waals surface area contributed by atoms with Crippen LogP contribution in [0.3, 0.4) is 0 Å². The molecule has 0 fully saturated rings. The third kappa shape index (κ3) is 3.35. The minimum absolute atomic E-state index is 0.0423. The number of ether oxygens (including phenoxy) is 1. The van der Waals surface area contributed by atoms with Gasteiger partial charge >= 0.3 is 0 Å². The SMILES string of the molecule is Cc1ncc(-c2ccc3c(c2)N(c2cncc(OC(C)C)c2)C(C)(C)C3=O)cn1. The van der Waals surface area contributed by atoms with Crippen molar-refractivity contribution in [1.29, 1.82) is 0 Å². The molecule has 4 rings (SSSR count). The van der Waals surface area contributed by atoms with E-state index >= 15 is 0 Å². The van der Waals surface area contributed by atoms with Gasteiger partial charge in [-0.15, -0.1) is 0 Å². The molecule has 0 spiro atoms. The van der Waals surface area contributed by atoms with E-state index in [2.05, 4.69) is 15.0 Å². The highest BCUT2D eigenvalue weighted by Crippen LogP contribution is 2.45. The van der Waals surface area contributed by atoms with Crippen LogP contribution in [0, 0.1) is 6.92 Å². The second-order valence-corrected chi connectivity index (χ2v) is 8.02. The number of fused-ring (bicyclic) bond motifs is 1. The van der Waals surface area contributed by atoms with Gasteiger partial charge in [0.15, 0.2) is 5.78 Å². The van der Waals surface area contributed by atoms with Crippen LogP contribution in [0.25, 0.3) is 11.1 Å². The first-order chi connectivity index (χ1) is 13.8. The number of ketones is 1. The van der Waals surface area contributed by atoms with Crippen molar-refractivity contribution in [3.05, 3.63) is 60.4 Å². The molecule has 1 aliphatic rings. The minimum atomic E-state index is -0.733. The van der Waals surface area contributed by atoms with E-state index in [4.69, 9.17) is 4.74 Å². The zero-order chi connectivity index (χ0) is 20.8. The molecule has 29 heavy (non-hydrogen) atoms. The Bertz CT molecular complexity index is 1070. The van der Waals surface area contributed by atoms with Gasteiger partial charge < -0.3 is 9.64 Å². The van der Waals surface area contributed by atoms with E-state index in [1.165, 1.54) is 0 Å². The molecule has 0 bridgehead atoms. The second kappa shape index (κ2) is 6.95. The van der Waals surface area contributed by atoms with Crippen LogP contribution in [0.2, 0.25) is 0 Å². The lowest BCUT2D eigenvalue weighted by Gasteiger charge is -2.32.